The van der Waals surface area contributed by atoms with E-state index < -0.39 is 0 Å². The molecule has 0 aromatic heterocycles. The zero-order chi connectivity index (χ0) is 14.4. The second-order valence-electron chi connectivity index (χ2n) is 5.64. The molecule has 1 aliphatic carbocycles. The Bertz CT molecular complexity index is 433. The first kappa shape index (κ1) is 18.3. The maximum absolute atomic E-state index is 12.6. The summed E-state index contributed by atoms with van der Waals surface area (Å²) in [5, 5.41) is 3.08. The maximum atomic E-state index is 12.6. The van der Waals surface area contributed by atoms with Gasteiger partial charge < -0.3 is 11.1 Å². The molecule has 1 fully saturated rings. The Balaban J connectivity index is 0.00000220. The lowest BCUT2D eigenvalue weighted by Crippen LogP contribution is -2.43. The van der Waals surface area contributed by atoms with E-state index in [1.807, 2.05) is 25.1 Å². The summed E-state index contributed by atoms with van der Waals surface area (Å²) in [6, 6.07) is 10.4. The third-order valence-electron chi connectivity index (χ3n) is 3.77. The largest absolute Gasteiger partial charge is 0.355 e. The van der Waals surface area contributed by atoms with Crippen molar-refractivity contribution in [3.8, 4) is 0 Å². The maximum Gasteiger partial charge on any atom is 0.236 e. The molecular weight excluding hydrogens is 304 g/mol. The van der Waals surface area contributed by atoms with E-state index in [1.165, 1.54) is 4.90 Å². The van der Waals surface area contributed by atoms with Gasteiger partial charge in [-0.3, -0.25) is 4.79 Å². The minimum absolute atomic E-state index is 0. The first-order chi connectivity index (χ1) is 9.62. The first-order valence-electron chi connectivity index (χ1n) is 7.40. The molecule has 0 spiro atoms. The standard InChI is InChI=1S/C16H24N2OS.ClH/c1-13(17)9-12-18-15(19)16(10-5-6-11-16)20-14-7-3-2-4-8-14;/h2-4,7-8,13H,5-6,9-12,17H2,1H3,(H,18,19);1H. The van der Waals surface area contributed by atoms with Crippen molar-refractivity contribution in [3.63, 3.8) is 0 Å². The Morgan fingerprint density at radius 2 is 1.95 bits per heavy atom. The normalized spacial score (nSPS) is 17.8. The molecule has 1 amide bonds. The molecule has 0 radical (unpaired) electrons. The third-order valence-corrected chi connectivity index (χ3v) is 5.26. The molecule has 3 N–H and O–H groups in total. The number of thioether (sulfide) groups is 1. The van der Waals surface area contributed by atoms with Crippen LogP contribution in [0.2, 0.25) is 0 Å². The van der Waals surface area contributed by atoms with E-state index in [0.29, 0.717) is 6.54 Å². The van der Waals surface area contributed by atoms with Crippen LogP contribution in [0.1, 0.15) is 39.0 Å². The number of rotatable bonds is 6. The van der Waals surface area contributed by atoms with E-state index in [1.54, 1.807) is 11.8 Å². The Hall–Kier alpha value is -0.710. The monoisotopic (exact) mass is 328 g/mol. The topological polar surface area (TPSA) is 55.1 Å². The molecule has 2 rings (SSSR count). The lowest BCUT2D eigenvalue weighted by Gasteiger charge is -2.27. The Morgan fingerprint density at radius 1 is 1.33 bits per heavy atom. The van der Waals surface area contributed by atoms with Crippen LogP contribution in [0.4, 0.5) is 0 Å². The molecule has 0 saturated heterocycles. The lowest BCUT2D eigenvalue weighted by molar-refractivity contribution is -0.123. The summed E-state index contributed by atoms with van der Waals surface area (Å²) in [6.45, 7) is 2.64. The highest BCUT2D eigenvalue weighted by Crippen LogP contribution is 2.45. The van der Waals surface area contributed by atoms with Gasteiger partial charge in [0.25, 0.3) is 0 Å². The Morgan fingerprint density at radius 3 is 2.52 bits per heavy atom. The highest BCUT2D eigenvalue weighted by molar-refractivity contribution is 8.01. The van der Waals surface area contributed by atoms with Crippen LogP contribution >= 0.6 is 24.2 Å². The highest BCUT2D eigenvalue weighted by Gasteiger charge is 2.41. The SMILES string of the molecule is CC(N)CCNC(=O)C1(Sc2ccccc2)CCCC1.Cl. The molecule has 3 nitrogen and oxygen atoms in total. The summed E-state index contributed by atoms with van der Waals surface area (Å²) in [5.41, 5.74) is 5.73. The van der Waals surface area contributed by atoms with Crippen molar-refractivity contribution in [1.82, 2.24) is 5.32 Å². The van der Waals surface area contributed by atoms with Crippen LogP contribution in [0.15, 0.2) is 35.2 Å². The molecule has 0 bridgehead atoms. The van der Waals surface area contributed by atoms with Crippen molar-refractivity contribution in [2.24, 2.45) is 5.73 Å². The minimum atomic E-state index is -0.279. The molecule has 1 saturated carbocycles. The second kappa shape index (κ2) is 8.66. The van der Waals surface area contributed by atoms with Gasteiger partial charge in [0.15, 0.2) is 0 Å². The molecule has 1 atom stereocenters. The molecule has 5 heteroatoms. The van der Waals surface area contributed by atoms with Crippen molar-refractivity contribution in [2.45, 2.75) is 54.7 Å². The van der Waals surface area contributed by atoms with Crippen molar-refractivity contribution in [2.75, 3.05) is 6.54 Å². The Kier molecular flexibility index (Phi) is 7.57. The number of nitrogens with two attached hydrogens (primary N) is 1. The molecule has 1 unspecified atom stereocenters. The number of carbonyl (C=O) groups excluding carboxylic acids is 1. The smallest absolute Gasteiger partial charge is 0.236 e. The van der Waals surface area contributed by atoms with Gasteiger partial charge in [-0.1, -0.05) is 31.0 Å². The summed E-state index contributed by atoms with van der Waals surface area (Å²) in [4.78, 5) is 13.8. The van der Waals surface area contributed by atoms with Gasteiger partial charge in [0.1, 0.15) is 0 Å². The van der Waals surface area contributed by atoms with Crippen LogP contribution in [0.3, 0.4) is 0 Å². The van der Waals surface area contributed by atoms with Crippen LogP contribution in [0, 0.1) is 0 Å². The van der Waals surface area contributed by atoms with Crippen LogP contribution in [-0.4, -0.2) is 23.2 Å². The molecule has 21 heavy (non-hydrogen) atoms. The van der Waals surface area contributed by atoms with Gasteiger partial charge in [0.05, 0.1) is 4.75 Å². The predicted molar refractivity (Wildman–Crippen MR) is 92.0 cm³/mol. The van der Waals surface area contributed by atoms with Crippen molar-refractivity contribution >= 4 is 30.1 Å². The average Bonchev–Trinajstić information content (AvgIpc) is 2.89. The number of benzene rings is 1. The zero-order valence-electron chi connectivity index (χ0n) is 12.5. The fraction of sp³-hybridized carbons (Fsp3) is 0.562. The van der Waals surface area contributed by atoms with Crippen LogP contribution in [0.5, 0.6) is 0 Å². The summed E-state index contributed by atoms with van der Waals surface area (Å²) in [5.74, 6) is 0.185. The second-order valence-corrected chi connectivity index (χ2v) is 7.10. The third kappa shape index (κ3) is 5.20. The van der Waals surface area contributed by atoms with Gasteiger partial charge in [-0.2, -0.15) is 0 Å². The summed E-state index contributed by atoms with van der Waals surface area (Å²) in [6.07, 6.45) is 5.05. The fourth-order valence-corrected chi connectivity index (χ4v) is 4.01. The Labute approximate surface area is 137 Å². The van der Waals surface area contributed by atoms with E-state index >= 15 is 0 Å². The van der Waals surface area contributed by atoms with Gasteiger partial charge in [-0.25, -0.2) is 0 Å². The van der Waals surface area contributed by atoms with Gasteiger partial charge in [0, 0.05) is 17.5 Å². The number of hydrogen-bond donors (Lipinski definition) is 2. The zero-order valence-corrected chi connectivity index (χ0v) is 14.1. The highest BCUT2D eigenvalue weighted by atomic mass is 35.5. The van der Waals surface area contributed by atoms with Crippen molar-refractivity contribution < 1.29 is 4.79 Å². The quantitative estimate of drug-likeness (QED) is 0.841. The number of carbonyl (C=O) groups is 1. The minimum Gasteiger partial charge on any atom is -0.355 e. The van der Waals surface area contributed by atoms with Crippen molar-refractivity contribution in [1.29, 1.82) is 0 Å². The lowest BCUT2D eigenvalue weighted by atomic mass is 10.1. The molecule has 118 valence electrons. The molecule has 0 aliphatic heterocycles. The van der Waals surface area contributed by atoms with E-state index in [0.717, 1.165) is 32.1 Å². The summed E-state index contributed by atoms with van der Waals surface area (Å²) >= 11 is 1.72. The first-order valence-corrected chi connectivity index (χ1v) is 8.22. The van der Waals surface area contributed by atoms with E-state index in [4.69, 9.17) is 5.73 Å². The summed E-state index contributed by atoms with van der Waals surface area (Å²) < 4.78 is -0.279. The van der Waals surface area contributed by atoms with Gasteiger partial charge in [-0.05, 0) is 38.3 Å². The number of nitrogens with one attached hydrogen (secondary N) is 1. The molecule has 1 aromatic rings. The molecule has 1 aromatic carbocycles. The number of halogens is 1. The number of amides is 1. The van der Waals surface area contributed by atoms with Gasteiger partial charge >= 0.3 is 0 Å². The molecule has 0 heterocycles. The number of hydrogen-bond acceptors (Lipinski definition) is 3. The molecule has 1 aliphatic rings. The van der Waals surface area contributed by atoms with E-state index in [9.17, 15) is 4.79 Å². The van der Waals surface area contributed by atoms with Crippen LogP contribution in [0.25, 0.3) is 0 Å². The fourth-order valence-electron chi connectivity index (χ4n) is 2.61. The average molecular weight is 329 g/mol. The summed E-state index contributed by atoms with van der Waals surface area (Å²) in [7, 11) is 0. The van der Waals surface area contributed by atoms with Crippen molar-refractivity contribution in [3.05, 3.63) is 30.3 Å². The van der Waals surface area contributed by atoms with E-state index in [2.05, 4.69) is 17.4 Å². The van der Waals surface area contributed by atoms with Gasteiger partial charge in [-0.15, -0.1) is 24.2 Å². The van der Waals surface area contributed by atoms with Crippen LogP contribution in [-0.2, 0) is 4.79 Å². The van der Waals surface area contributed by atoms with Crippen LogP contribution < -0.4 is 11.1 Å². The van der Waals surface area contributed by atoms with E-state index in [-0.39, 0.29) is 29.1 Å². The molecular formula is C16H25ClN2OS. The predicted octanol–water partition coefficient (Wildman–Crippen LogP) is 3.37. The van der Waals surface area contributed by atoms with Gasteiger partial charge in [0.2, 0.25) is 5.91 Å².